The molecule has 2 N–H and O–H groups in total. The number of halogens is 1. The summed E-state index contributed by atoms with van der Waals surface area (Å²) in [4.78, 5) is 8.72. The highest BCUT2D eigenvalue weighted by Gasteiger charge is 2.12. The molecule has 3 aromatic rings. The third-order valence-electron chi connectivity index (χ3n) is 3.32. The largest absolute Gasteiger partial charge is 0.383 e. The SMILES string of the molecule is Cc1ccc(F)c(-c2nc(N)c3cccc(C)c3n2)c1. The van der Waals surface area contributed by atoms with E-state index in [1.807, 2.05) is 32.0 Å². The van der Waals surface area contributed by atoms with Gasteiger partial charge in [-0.05, 0) is 37.6 Å². The number of nitrogens with zero attached hydrogens (tertiary/aromatic N) is 2. The number of rotatable bonds is 1. The van der Waals surface area contributed by atoms with Gasteiger partial charge in [-0.2, -0.15) is 0 Å². The van der Waals surface area contributed by atoms with Crippen molar-refractivity contribution in [1.29, 1.82) is 0 Å². The van der Waals surface area contributed by atoms with Crippen molar-refractivity contribution >= 4 is 16.7 Å². The van der Waals surface area contributed by atoms with E-state index in [1.54, 1.807) is 12.1 Å². The lowest BCUT2D eigenvalue weighted by Crippen LogP contribution is -2.00. The molecule has 100 valence electrons. The first-order valence-corrected chi connectivity index (χ1v) is 6.35. The lowest BCUT2D eigenvalue weighted by atomic mass is 10.1. The van der Waals surface area contributed by atoms with E-state index in [-0.39, 0.29) is 5.82 Å². The van der Waals surface area contributed by atoms with Crippen LogP contribution in [0.5, 0.6) is 0 Å². The fraction of sp³-hybridized carbons (Fsp3) is 0.125. The summed E-state index contributed by atoms with van der Waals surface area (Å²) in [6.45, 7) is 3.85. The van der Waals surface area contributed by atoms with Crippen molar-refractivity contribution in [1.82, 2.24) is 9.97 Å². The van der Waals surface area contributed by atoms with Gasteiger partial charge in [0.25, 0.3) is 0 Å². The number of hydrogen-bond donors (Lipinski definition) is 1. The molecule has 0 fully saturated rings. The predicted octanol–water partition coefficient (Wildman–Crippen LogP) is 3.63. The lowest BCUT2D eigenvalue weighted by molar-refractivity contribution is 0.629. The van der Waals surface area contributed by atoms with Crippen molar-refractivity contribution < 1.29 is 4.39 Å². The topological polar surface area (TPSA) is 51.8 Å². The van der Waals surface area contributed by atoms with E-state index in [2.05, 4.69) is 9.97 Å². The summed E-state index contributed by atoms with van der Waals surface area (Å²) in [6.07, 6.45) is 0. The van der Waals surface area contributed by atoms with Crippen molar-refractivity contribution in [3.05, 3.63) is 53.3 Å². The van der Waals surface area contributed by atoms with E-state index >= 15 is 0 Å². The molecule has 0 unspecified atom stereocenters. The molecule has 0 saturated carbocycles. The van der Waals surface area contributed by atoms with Crippen LogP contribution in [0.15, 0.2) is 36.4 Å². The molecule has 0 atom stereocenters. The van der Waals surface area contributed by atoms with Crippen LogP contribution in [0, 0.1) is 19.7 Å². The summed E-state index contributed by atoms with van der Waals surface area (Å²) in [5.74, 6) is 0.350. The Morgan fingerprint density at radius 3 is 2.65 bits per heavy atom. The van der Waals surface area contributed by atoms with E-state index in [0.29, 0.717) is 17.2 Å². The highest BCUT2D eigenvalue weighted by molar-refractivity contribution is 5.91. The minimum absolute atomic E-state index is 0.325. The molecule has 2 aromatic carbocycles. The first kappa shape index (κ1) is 12.5. The van der Waals surface area contributed by atoms with Crippen LogP contribution in [0.4, 0.5) is 10.2 Å². The van der Waals surface area contributed by atoms with Crippen LogP contribution in [0.3, 0.4) is 0 Å². The van der Waals surface area contributed by atoms with Crippen molar-refractivity contribution in [3.63, 3.8) is 0 Å². The number of anilines is 1. The maximum atomic E-state index is 14.0. The van der Waals surface area contributed by atoms with Gasteiger partial charge < -0.3 is 5.73 Å². The van der Waals surface area contributed by atoms with Crippen LogP contribution in [-0.4, -0.2) is 9.97 Å². The number of hydrogen-bond acceptors (Lipinski definition) is 3. The van der Waals surface area contributed by atoms with Crippen molar-refractivity contribution in [2.24, 2.45) is 0 Å². The average Bonchev–Trinajstić information content (AvgIpc) is 2.42. The van der Waals surface area contributed by atoms with Crippen molar-refractivity contribution in [3.8, 4) is 11.4 Å². The Bertz CT molecular complexity index is 812. The standard InChI is InChI=1S/C16H14FN3/c1-9-6-7-13(17)12(8-9)16-19-14-10(2)4-3-5-11(14)15(18)20-16/h3-8H,1-2H3,(H2,18,19,20). The molecule has 0 aliphatic heterocycles. The lowest BCUT2D eigenvalue weighted by Gasteiger charge is -2.08. The summed E-state index contributed by atoms with van der Waals surface area (Å²) < 4.78 is 14.0. The molecule has 3 nitrogen and oxygen atoms in total. The Balaban J connectivity index is 2.32. The van der Waals surface area contributed by atoms with Gasteiger partial charge in [-0.3, -0.25) is 0 Å². The Morgan fingerprint density at radius 2 is 1.85 bits per heavy atom. The number of fused-ring (bicyclic) bond motifs is 1. The van der Waals surface area contributed by atoms with Gasteiger partial charge in [0.15, 0.2) is 5.82 Å². The zero-order valence-electron chi connectivity index (χ0n) is 11.3. The fourth-order valence-electron chi connectivity index (χ4n) is 2.25. The number of para-hydroxylation sites is 1. The molecule has 1 aromatic heterocycles. The van der Waals surface area contributed by atoms with E-state index < -0.39 is 0 Å². The Hall–Kier alpha value is -2.49. The summed E-state index contributed by atoms with van der Waals surface area (Å²) in [7, 11) is 0. The van der Waals surface area contributed by atoms with Gasteiger partial charge >= 0.3 is 0 Å². The smallest absolute Gasteiger partial charge is 0.165 e. The molecular weight excluding hydrogens is 253 g/mol. The second-order valence-electron chi connectivity index (χ2n) is 4.89. The number of aryl methyl sites for hydroxylation is 2. The highest BCUT2D eigenvalue weighted by atomic mass is 19.1. The third-order valence-corrected chi connectivity index (χ3v) is 3.32. The minimum atomic E-state index is -0.345. The van der Waals surface area contributed by atoms with Crippen LogP contribution < -0.4 is 5.73 Å². The monoisotopic (exact) mass is 267 g/mol. The van der Waals surface area contributed by atoms with Gasteiger partial charge in [0.1, 0.15) is 11.6 Å². The molecule has 0 aliphatic carbocycles. The van der Waals surface area contributed by atoms with Crippen LogP contribution in [-0.2, 0) is 0 Å². The molecule has 20 heavy (non-hydrogen) atoms. The van der Waals surface area contributed by atoms with Crippen molar-refractivity contribution in [2.75, 3.05) is 5.73 Å². The van der Waals surface area contributed by atoms with E-state index in [4.69, 9.17) is 5.73 Å². The third kappa shape index (κ3) is 1.99. The summed E-state index contributed by atoms with van der Waals surface area (Å²) in [5.41, 5.74) is 9.06. The zero-order valence-corrected chi connectivity index (χ0v) is 11.3. The Morgan fingerprint density at radius 1 is 1.05 bits per heavy atom. The molecule has 0 spiro atoms. The second-order valence-corrected chi connectivity index (χ2v) is 4.89. The van der Waals surface area contributed by atoms with Crippen LogP contribution in [0.1, 0.15) is 11.1 Å². The molecular formula is C16H14FN3. The first-order chi connectivity index (χ1) is 9.56. The van der Waals surface area contributed by atoms with Crippen LogP contribution in [0.2, 0.25) is 0 Å². The maximum absolute atomic E-state index is 14.0. The van der Waals surface area contributed by atoms with Crippen LogP contribution in [0.25, 0.3) is 22.3 Å². The molecule has 0 amide bonds. The van der Waals surface area contributed by atoms with E-state index in [9.17, 15) is 4.39 Å². The minimum Gasteiger partial charge on any atom is -0.383 e. The van der Waals surface area contributed by atoms with Gasteiger partial charge in [-0.1, -0.05) is 23.8 Å². The predicted molar refractivity (Wildman–Crippen MR) is 78.8 cm³/mol. The Kier molecular flexibility index (Phi) is 2.86. The molecule has 0 bridgehead atoms. The highest BCUT2D eigenvalue weighted by Crippen LogP contribution is 2.27. The van der Waals surface area contributed by atoms with Gasteiger partial charge in [-0.25, -0.2) is 14.4 Å². The van der Waals surface area contributed by atoms with Crippen LogP contribution >= 0.6 is 0 Å². The van der Waals surface area contributed by atoms with E-state index in [1.165, 1.54) is 6.07 Å². The summed E-state index contributed by atoms with van der Waals surface area (Å²) in [6, 6.07) is 10.6. The molecule has 1 heterocycles. The normalized spacial score (nSPS) is 10.9. The quantitative estimate of drug-likeness (QED) is 0.732. The Labute approximate surface area is 116 Å². The number of aromatic nitrogens is 2. The van der Waals surface area contributed by atoms with E-state index in [0.717, 1.165) is 22.0 Å². The number of nitrogen functional groups attached to an aromatic ring is 1. The van der Waals surface area contributed by atoms with Gasteiger partial charge in [0.2, 0.25) is 0 Å². The maximum Gasteiger partial charge on any atom is 0.165 e. The summed E-state index contributed by atoms with van der Waals surface area (Å²) in [5, 5.41) is 0.793. The first-order valence-electron chi connectivity index (χ1n) is 6.35. The molecule has 0 aliphatic rings. The molecule has 0 saturated heterocycles. The zero-order chi connectivity index (χ0) is 14.3. The van der Waals surface area contributed by atoms with Crippen molar-refractivity contribution in [2.45, 2.75) is 13.8 Å². The summed E-state index contributed by atoms with van der Waals surface area (Å²) >= 11 is 0. The molecule has 3 rings (SSSR count). The average molecular weight is 267 g/mol. The number of benzene rings is 2. The van der Waals surface area contributed by atoms with Gasteiger partial charge in [0, 0.05) is 5.39 Å². The van der Waals surface area contributed by atoms with Gasteiger partial charge in [-0.15, -0.1) is 0 Å². The number of nitrogens with two attached hydrogens (primary N) is 1. The fourth-order valence-corrected chi connectivity index (χ4v) is 2.25. The molecule has 4 heteroatoms. The van der Waals surface area contributed by atoms with Gasteiger partial charge in [0.05, 0.1) is 11.1 Å². The second kappa shape index (κ2) is 4.56. The molecule has 0 radical (unpaired) electrons.